The molecule has 1 amide bonds. The predicted molar refractivity (Wildman–Crippen MR) is 92.9 cm³/mol. The maximum absolute atomic E-state index is 12.3. The number of hydrogen-bond donors (Lipinski definition) is 0. The van der Waals surface area contributed by atoms with Crippen LogP contribution >= 0.6 is 11.3 Å². The van der Waals surface area contributed by atoms with E-state index in [-0.39, 0.29) is 5.91 Å². The second-order valence-electron chi connectivity index (χ2n) is 5.75. The zero-order valence-corrected chi connectivity index (χ0v) is 14.4. The normalized spacial score (nSPS) is 14.5. The number of aryl methyl sites for hydroxylation is 2. The lowest BCUT2D eigenvalue weighted by Gasteiger charge is -2.34. The lowest BCUT2D eigenvalue weighted by atomic mass is 10.2. The topological polar surface area (TPSA) is 73.1 Å². The van der Waals surface area contributed by atoms with Crippen molar-refractivity contribution in [1.29, 1.82) is 5.26 Å². The Hall–Kier alpha value is -2.46. The number of carbonyl (C=O) groups excluding carboxylic acids is 1. The van der Waals surface area contributed by atoms with Crippen molar-refractivity contribution in [2.24, 2.45) is 0 Å². The van der Waals surface area contributed by atoms with Gasteiger partial charge in [0, 0.05) is 43.2 Å². The van der Waals surface area contributed by atoms with E-state index in [9.17, 15) is 4.79 Å². The van der Waals surface area contributed by atoms with Crippen molar-refractivity contribution in [1.82, 2.24) is 14.9 Å². The van der Waals surface area contributed by atoms with Crippen molar-refractivity contribution >= 4 is 23.2 Å². The molecule has 0 N–H and O–H groups in total. The summed E-state index contributed by atoms with van der Waals surface area (Å²) in [7, 11) is 0. The molecule has 0 atom stereocenters. The molecular weight excluding hydrogens is 322 g/mol. The highest BCUT2D eigenvalue weighted by atomic mass is 32.1. The molecule has 2 aromatic rings. The monoisotopic (exact) mass is 341 g/mol. The second-order valence-corrected chi connectivity index (χ2v) is 6.79. The first-order valence-corrected chi connectivity index (χ1v) is 8.84. The van der Waals surface area contributed by atoms with Gasteiger partial charge in [0.1, 0.15) is 11.8 Å². The summed E-state index contributed by atoms with van der Waals surface area (Å²) in [6.45, 7) is 4.58. The van der Waals surface area contributed by atoms with Crippen LogP contribution in [0.2, 0.25) is 0 Å². The Kier molecular flexibility index (Phi) is 5.06. The van der Waals surface area contributed by atoms with E-state index in [0.717, 1.165) is 12.1 Å². The number of thiophene rings is 1. The Morgan fingerprint density at radius 3 is 2.79 bits per heavy atom. The number of nitriles is 1. The third-order valence-corrected chi connectivity index (χ3v) is 4.97. The van der Waals surface area contributed by atoms with Crippen LogP contribution in [0.1, 0.15) is 22.7 Å². The predicted octanol–water partition coefficient (Wildman–Crippen LogP) is 2.00. The number of nitrogens with zero attached hydrogens (tertiary/aromatic N) is 5. The summed E-state index contributed by atoms with van der Waals surface area (Å²) >= 11 is 1.69. The maximum atomic E-state index is 12.3. The minimum Gasteiger partial charge on any atom is -0.339 e. The lowest BCUT2D eigenvalue weighted by molar-refractivity contribution is -0.131. The first kappa shape index (κ1) is 16.4. The van der Waals surface area contributed by atoms with E-state index in [4.69, 9.17) is 5.26 Å². The fourth-order valence-corrected chi connectivity index (χ4v) is 3.46. The first-order chi connectivity index (χ1) is 11.7. The minimum atomic E-state index is 0.200. The molecule has 0 bridgehead atoms. The van der Waals surface area contributed by atoms with E-state index in [1.54, 1.807) is 17.4 Å². The van der Waals surface area contributed by atoms with Gasteiger partial charge in [0.15, 0.2) is 0 Å². The molecule has 0 unspecified atom stereocenters. The molecule has 0 saturated carbocycles. The molecule has 6 nitrogen and oxygen atoms in total. The molecule has 3 heterocycles. The average Bonchev–Trinajstić information content (AvgIpc) is 3.12. The van der Waals surface area contributed by atoms with Crippen LogP contribution in [0.3, 0.4) is 0 Å². The maximum Gasteiger partial charge on any atom is 0.226 e. The molecule has 0 aliphatic carbocycles. The molecule has 3 rings (SSSR count). The van der Waals surface area contributed by atoms with Crippen molar-refractivity contribution in [3.05, 3.63) is 39.8 Å². The SMILES string of the molecule is Cc1cc(C#N)nc(N2CCN(C(=O)CCc3cccs3)CC2)n1. The number of piperazine rings is 1. The Morgan fingerprint density at radius 1 is 1.33 bits per heavy atom. The Labute approximate surface area is 145 Å². The molecule has 0 spiro atoms. The standard InChI is InChI=1S/C17H19N5OS/c1-13-11-14(12-18)20-17(19-13)22-8-6-21(7-9-22)16(23)5-4-15-3-2-10-24-15/h2-3,10-11H,4-9H2,1H3. The zero-order chi connectivity index (χ0) is 16.9. The van der Waals surface area contributed by atoms with Gasteiger partial charge >= 0.3 is 0 Å². The van der Waals surface area contributed by atoms with Gasteiger partial charge in [-0.05, 0) is 30.9 Å². The van der Waals surface area contributed by atoms with Crippen LogP contribution < -0.4 is 4.90 Å². The number of aromatic nitrogens is 2. The van der Waals surface area contributed by atoms with Crippen molar-refractivity contribution in [2.75, 3.05) is 31.1 Å². The van der Waals surface area contributed by atoms with Gasteiger partial charge in [0.2, 0.25) is 11.9 Å². The summed E-state index contributed by atoms with van der Waals surface area (Å²) in [4.78, 5) is 26.2. The molecule has 0 radical (unpaired) electrons. The number of hydrogen-bond acceptors (Lipinski definition) is 6. The number of anilines is 1. The van der Waals surface area contributed by atoms with Crippen molar-refractivity contribution in [3.8, 4) is 6.07 Å². The summed E-state index contributed by atoms with van der Waals surface area (Å²) in [6, 6.07) is 7.82. The van der Waals surface area contributed by atoms with Crippen LogP contribution in [0.5, 0.6) is 0 Å². The highest BCUT2D eigenvalue weighted by Gasteiger charge is 2.22. The van der Waals surface area contributed by atoms with E-state index in [0.29, 0.717) is 44.2 Å². The highest BCUT2D eigenvalue weighted by molar-refractivity contribution is 7.09. The molecule has 1 fully saturated rings. The van der Waals surface area contributed by atoms with Gasteiger partial charge in [0.05, 0.1) is 0 Å². The van der Waals surface area contributed by atoms with Gasteiger partial charge < -0.3 is 9.80 Å². The van der Waals surface area contributed by atoms with Gasteiger partial charge in [-0.15, -0.1) is 11.3 Å². The fourth-order valence-electron chi connectivity index (χ4n) is 2.75. The van der Waals surface area contributed by atoms with E-state index in [1.165, 1.54) is 4.88 Å². The van der Waals surface area contributed by atoms with E-state index < -0.39 is 0 Å². The third kappa shape index (κ3) is 3.89. The van der Waals surface area contributed by atoms with Crippen LogP contribution in [0, 0.1) is 18.3 Å². The Bertz CT molecular complexity index is 745. The molecule has 2 aromatic heterocycles. The zero-order valence-electron chi connectivity index (χ0n) is 13.6. The molecule has 24 heavy (non-hydrogen) atoms. The van der Waals surface area contributed by atoms with Crippen LogP contribution in [-0.2, 0) is 11.2 Å². The smallest absolute Gasteiger partial charge is 0.226 e. The minimum absolute atomic E-state index is 0.200. The van der Waals surface area contributed by atoms with Gasteiger partial charge in [-0.3, -0.25) is 4.79 Å². The molecular formula is C17H19N5OS. The number of carbonyl (C=O) groups is 1. The summed E-state index contributed by atoms with van der Waals surface area (Å²) in [5.74, 6) is 0.781. The molecule has 124 valence electrons. The molecule has 1 aliphatic heterocycles. The first-order valence-electron chi connectivity index (χ1n) is 7.96. The highest BCUT2D eigenvalue weighted by Crippen LogP contribution is 2.15. The summed E-state index contributed by atoms with van der Waals surface area (Å²) in [5, 5.41) is 11.1. The van der Waals surface area contributed by atoms with Crippen LogP contribution in [-0.4, -0.2) is 47.0 Å². The Balaban J connectivity index is 1.54. The molecule has 1 aliphatic rings. The molecule has 0 aromatic carbocycles. The molecule has 7 heteroatoms. The van der Waals surface area contributed by atoms with Crippen LogP contribution in [0.4, 0.5) is 5.95 Å². The van der Waals surface area contributed by atoms with E-state index in [1.807, 2.05) is 28.2 Å². The summed E-state index contributed by atoms with van der Waals surface area (Å²) in [5.41, 5.74) is 1.16. The van der Waals surface area contributed by atoms with Crippen molar-refractivity contribution in [3.63, 3.8) is 0 Å². The van der Waals surface area contributed by atoms with Crippen LogP contribution in [0.15, 0.2) is 23.6 Å². The Morgan fingerprint density at radius 2 is 2.12 bits per heavy atom. The van der Waals surface area contributed by atoms with Gasteiger partial charge in [0.25, 0.3) is 0 Å². The summed E-state index contributed by atoms with van der Waals surface area (Å²) in [6.07, 6.45) is 1.36. The summed E-state index contributed by atoms with van der Waals surface area (Å²) < 4.78 is 0. The van der Waals surface area contributed by atoms with Gasteiger partial charge in [-0.1, -0.05) is 6.07 Å². The van der Waals surface area contributed by atoms with E-state index >= 15 is 0 Å². The van der Waals surface area contributed by atoms with Gasteiger partial charge in [-0.2, -0.15) is 5.26 Å². The second kappa shape index (κ2) is 7.41. The lowest BCUT2D eigenvalue weighted by Crippen LogP contribution is -2.49. The fraction of sp³-hybridized carbons (Fsp3) is 0.412. The molecule has 1 saturated heterocycles. The van der Waals surface area contributed by atoms with Crippen LogP contribution in [0.25, 0.3) is 0 Å². The van der Waals surface area contributed by atoms with Gasteiger partial charge in [-0.25, -0.2) is 9.97 Å². The van der Waals surface area contributed by atoms with Crippen molar-refractivity contribution < 1.29 is 4.79 Å². The largest absolute Gasteiger partial charge is 0.339 e. The van der Waals surface area contributed by atoms with E-state index in [2.05, 4.69) is 22.1 Å². The average molecular weight is 341 g/mol. The van der Waals surface area contributed by atoms with Crippen molar-refractivity contribution in [2.45, 2.75) is 19.8 Å². The quantitative estimate of drug-likeness (QED) is 0.850. The number of rotatable bonds is 4. The third-order valence-electron chi connectivity index (χ3n) is 4.04. The number of amides is 1.